The maximum atomic E-state index is 11.9. The zero-order valence-corrected chi connectivity index (χ0v) is 12.4. The fourth-order valence-corrected chi connectivity index (χ4v) is 1.85. The Bertz CT molecular complexity index is 815. The van der Waals surface area contributed by atoms with E-state index in [1.54, 1.807) is 12.1 Å². The minimum Gasteiger partial charge on any atom is -0.399 e. The van der Waals surface area contributed by atoms with Gasteiger partial charge in [-0.2, -0.15) is 0 Å². The standard InChI is InChI=1S/C16H14N4O4/c17-10-7-5-9(6-8-10)14(22)20-16(24)15(23)19-12-4-2-1-3-11(12)13(18)21/h1-8H,17H2,(H2,18,21)(H,19,23)(H,20,22,24). The molecular weight excluding hydrogens is 312 g/mol. The number of nitrogen functional groups attached to an aromatic ring is 1. The predicted molar refractivity (Wildman–Crippen MR) is 86.9 cm³/mol. The summed E-state index contributed by atoms with van der Waals surface area (Å²) in [6.45, 7) is 0. The lowest BCUT2D eigenvalue weighted by Gasteiger charge is -2.08. The van der Waals surface area contributed by atoms with Gasteiger partial charge in [-0.3, -0.25) is 24.5 Å². The minimum absolute atomic E-state index is 0.0449. The highest BCUT2D eigenvalue weighted by molar-refractivity contribution is 6.42. The van der Waals surface area contributed by atoms with Crippen LogP contribution in [0.25, 0.3) is 0 Å². The van der Waals surface area contributed by atoms with E-state index in [1.165, 1.54) is 36.4 Å². The molecular formula is C16H14N4O4. The van der Waals surface area contributed by atoms with Crippen LogP contribution in [0.4, 0.5) is 11.4 Å². The summed E-state index contributed by atoms with van der Waals surface area (Å²) >= 11 is 0. The summed E-state index contributed by atoms with van der Waals surface area (Å²) in [4.78, 5) is 46.8. The van der Waals surface area contributed by atoms with Gasteiger partial charge in [-0.15, -0.1) is 0 Å². The summed E-state index contributed by atoms with van der Waals surface area (Å²) < 4.78 is 0. The molecule has 0 aliphatic heterocycles. The van der Waals surface area contributed by atoms with E-state index < -0.39 is 23.6 Å². The Kier molecular flexibility index (Phi) is 4.90. The van der Waals surface area contributed by atoms with Gasteiger partial charge in [0.15, 0.2) is 0 Å². The largest absolute Gasteiger partial charge is 0.399 e. The average Bonchev–Trinajstić information content (AvgIpc) is 2.55. The highest BCUT2D eigenvalue weighted by Crippen LogP contribution is 2.14. The summed E-state index contributed by atoms with van der Waals surface area (Å²) in [6, 6.07) is 11.7. The van der Waals surface area contributed by atoms with Crippen LogP contribution < -0.4 is 22.1 Å². The number of imide groups is 1. The summed E-state index contributed by atoms with van der Waals surface area (Å²) in [6.07, 6.45) is 0. The van der Waals surface area contributed by atoms with Crippen molar-refractivity contribution in [3.63, 3.8) is 0 Å². The van der Waals surface area contributed by atoms with Crippen LogP contribution in [0.1, 0.15) is 20.7 Å². The van der Waals surface area contributed by atoms with Gasteiger partial charge in [0, 0.05) is 11.3 Å². The molecule has 0 bridgehead atoms. The number of para-hydroxylation sites is 1. The van der Waals surface area contributed by atoms with Gasteiger partial charge in [0.25, 0.3) is 11.8 Å². The van der Waals surface area contributed by atoms with Gasteiger partial charge in [-0.1, -0.05) is 12.1 Å². The van der Waals surface area contributed by atoms with Crippen LogP contribution in [-0.2, 0) is 9.59 Å². The lowest BCUT2D eigenvalue weighted by Crippen LogP contribution is -2.39. The smallest absolute Gasteiger partial charge is 0.316 e. The van der Waals surface area contributed by atoms with Crippen molar-refractivity contribution in [1.29, 1.82) is 0 Å². The van der Waals surface area contributed by atoms with Crippen molar-refractivity contribution in [2.24, 2.45) is 5.73 Å². The molecule has 0 fully saturated rings. The van der Waals surface area contributed by atoms with E-state index in [2.05, 4.69) is 5.32 Å². The molecule has 0 saturated carbocycles. The number of primary amides is 1. The number of hydrogen-bond donors (Lipinski definition) is 4. The highest BCUT2D eigenvalue weighted by Gasteiger charge is 2.19. The number of rotatable bonds is 3. The zero-order chi connectivity index (χ0) is 17.7. The molecule has 0 heterocycles. The van der Waals surface area contributed by atoms with E-state index in [9.17, 15) is 19.2 Å². The fourth-order valence-electron chi connectivity index (χ4n) is 1.85. The number of hydrogen-bond acceptors (Lipinski definition) is 5. The fraction of sp³-hybridized carbons (Fsp3) is 0. The molecule has 2 rings (SSSR count). The van der Waals surface area contributed by atoms with Crippen molar-refractivity contribution >= 4 is 35.0 Å². The van der Waals surface area contributed by atoms with Crippen LogP contribution in [0, 0.1) is 0 Å². The molecule has 2 aromatic carbocycles. The monoisotopic (exact) mass is 326 g/mol. The summed E-state index contributed by atoms with van der Waals surface area (Å²) in [5, 5.41) is 4.17. The van der Waals surface area contributed by atoms with Crippen LogP contribution in [0.15, 0.2) is 48.5 Å². The number of anilines is 2. The van der Waals surface area contributed by atoms with Crippen LogP contribution in [0.3, 0.4) is 0 Å². The van der Waals surface area contributed by atoms with Gasteiger partial charge < -0.3 is 16.8 Å². The number of benzene rings is 2. The van der Waals surface area contributed by atoms with E-state index in [0.717, 1.165) is 0 Å². The van der Waals surface area contributed by atoms with Crippen molar-refractivity contribution in [3.8, 4) is 0 Å². The second-order valence-corrected chi connectivity index (χ2v) is 4.77. The molecule has 6 N–H and O–H groups in total. The third kappa shape index (κ3) is 3.95. The van der Waals surface area contributed by atoms with Gasteiger partial charge in [-0.05, 0) is 36.4 Å². The molecule has 0 atom stereocenters. The molecule has 0 saturated heterocycles. The molecule has 0 aromatic heterocycles. The topological polar surface area (TPSA) is 144 Å². The van der Waals surface area contributed by atoms with E-state index in [-0.39, 0.29) is 16.8 Å². The first kappa shape index (κ1) is 16.7. The molecule has 2 aromatic rings. The van der Waals surface area contributed by atoms with Crippen molar-refractivity contribution in [2.75, 3.05) is 11.1 Å². The molecule has 0 spiro atoms. The Morgan fingerprint density at radius 3 is 2.08 bits per heavy atom. The first-order valence-corrected chi connectivity index (χ1v) is 6.79. The van der Waals surface area contributed by atoms with Gasteiger partial charge in [0.2, 0.25) is 0 Å². The Labute approximate surface area is 136 Å². The maximum Gasteiger partial charge on any atom is 0.316 e. The zero-order valence-electron chi connectivity index (χ0n) is 12.4. The van der Waals surface area contributed by atoms with E-state index in [4.69, 9.17) is 11.5 Å². The second kappa shape index (κ2) is 7.05. The van der Waals surface area contributed by atoms with Crippen LogP contribution in [-0.4, -0.2) is 23.6 Å². The van der Waals surface area contributed by atoms with E-state index in [1.807, 2.05) is 5.32 Å². The summed E-state index contributed by atoms with van der Waals surface area (Å²) in [7, 11) is 0. The Balaban J connectivity index is 2.05. The Morgan fingerprint density at radius 2 is 1.46 bits per heavy atom. The van der Waals surface area contributed by atoms with E-state index >= 15 is 0 Å². The molecule has 24 heavy (non-hydrogen) atoms. The Morgan fingerprint density at radius 1 is 0.833 bits per heavy atom. The lowest BCUT2D eigenvalue weighted by atomic mass is 10.1. The SMILES string of the molecule is NC(=O)c1ccccc1NC(=O)C(=O)NC(=O)c1ccc(N)cc1. The normalized spacial score (nSPS) is 9.83. The molecule has 0 radical (unpaired) electrons. The summed E-state index contributed by atoms with van der Waals surface area (Å²) in [5.74, 6) is -3.79. The Hall–Kier alpha value is -3.68. The average molecular weight is 326 g/mol. The van der Waals surface area contributed by atoms with Crippen molar-refractivity contribution in [1.82, 2.24) is 5.32 Å². The van der Waals surface area contributed by atoms with Crippen molar-refractivity contribution in [2.45, 2.75) is 0 Å². The van der Waals surface area contributed by atoms with Crippen LogP contribution >= 0.6 is 0 Å². The van der Waals surface area contributed by atoms with Crippen LogP contribution in [0.2, 0.25) is 0 Å². The molecule has 0 unspecified atom stereocenters. The van der Waals surface area contributed by atoms with Crippen molar-refractivity contribution in [3.05, 3.63) is 59.7 Å². The first-order valence-electron chi connectivity index (χ1n) is 6.79. The predicted octanol–water partition coefficient (Wildman–Crippen LogP) is 0.263. The number of carbonyl (C=O) groups excluding carboxylic acids is 4. The van der Waals surface area contributed by atoms with Gasteiger partial charge >= 0.3 is 11.8 Å². The number of amides is 4. The minimum atomic E-state index is -1.17. The number of carbonyl (C=O) groups is 4. The van der Waals surface area contributed by atoms with E-state index in [0.29, 0.717) is 5.69 Å². The quantitative estimate of drug-likeness (QED) is 0.472. The number of nitrogens with two attached hydrogens (primary N) is 2. The van der Waals surface area contributed by atoms with Gasteiger partial charge in [-0.25, -0.2) is 0 Å². The molecule has 8 nitrogen and oxygen atoms in total. The summed E-state index contributed by atoms with van der Waals surface area (Å²) in [5.41, 5.74) is 11.4. The van der Waals surface area contributed by atoms with Crippen molar-refractivity contribution < 1.29 is 19.2 Å². The van der Waals surface area contributed by atoms with Crippen LogP contribution in [0.5, 0.6) is 0 Å². The van der Waals surface area contributed by atoms with Gasteiger partial charge in [0.05, 0.1) is 11.3 Å². The lowest BCUT2D eigenvalue weighted by molar-refractivity contribution is -0.135. The molecule has 4 amide bonds. The molecule has 8 heteroatoms. The molecule has 122 valence electrons. The maximum absolute atomic E-state index is 11.9. The molecule has 0 aliphatic carbocycles. The third-order valence-corrected chi connectivity index (χ3v) is 3.05. The van der Waals surface area contributed by atoms with Gasteiger partial charge in [0.1, 0.15) is 0 Å². The number of nitrogens with one attached hydrogen (secondary N) is 2. The molecule has 0 aliphatic rings. The highest BCUT2D eigenvalue weighted by atomic mass is 16.2. The third-order valence-electron chi connectivity index (χ3n) is 3.05. The second-order valence-electron chi connectivity index (χ2n) is 4.77. The first-order chi connectivity index (χ1) is 11.4.